The highest BCUT2D eigenvalue weighted by molar-refractivity contribution is 8.01. The largest absolute Gasteiger partial charge is 0.342 e. The van der Waals surface area contributed by atoms with E-state index in [1.54, 1.807) is 0 Å². The van der Waals surface area contributed by atoms with Crippen molar-refractivity contribution in [2.24, 2.45) is 5.92 Å². The molecule has 0 radical (unpaired) electrons. The second kappa shape index (κ2) is 7.98. The summed E-state index contributed by atoms with van der Waals surface area (Å²) in [6, 6.07) is 8.13. The maximum Gasteiger partial charge on any atom is 0.233 e. The number of nitrogens with zero attached hydrogens (tertiary/aromatic N) is 3. The Morgan fingerprint density at radius 2 is 2.17 bits per heavy atom. The lowest BCUT2D eigenvalue weighted by Crippen LogP contribution is -2.38. The van der Waals surface area contributed by atoms with Gasteiger partial charge in [0.15, 0.2) is 4.34 Å². The molecule has 1 aromatic heterocycles. The molecule has 1 saturated heterocycles. The van der Waals surface area contributed by atoms with Crippen molar-refractivity contribution in [3.8, 4) is 0 Å². The summed E-state index contributed by atoms with van der Waals surface area (Å²) < 4.78 is 0.823. The monoisotopic (exact) mass is 362 g/mol. The first-order valence-corrected chi connectivity index (χ1v) is 9.98. The first-order chi connectivity index (χ1) is 11.6. The predicted molar refractivity (Wildman–Crippen MR) is 100 cm³/mol. The van der Waals surface area contributed by atoms with Gasteiger partial charge in [0.1, 0.15) is 0 Å². The fraction of sp³-hybridized carbons (Fsp3) is 0.471. The number of anilines is 2. The molecule has 0 aliphatic carbocycles. The Labute approximate surface area is 150 Å². The lowest BCUT2D eigenvalue weighted by molar-refractivity contribution is -0.129. The summed E-state index contributed by atoms with van der Waals surface area (Å²) in [4.78, 5) is 14.2. The van der Waals surface area contributed by atoms with Crippen LogP contribution in [0.4, 0.5) is 10.8 Å². The zero-order chi connectivity index (χ0) is 16.9. The van der Waals surface area contributed by atoms with Gasteiger partial charge in [-0.1, -0.05) is 42.2 Å². The van der Waals surface area contributed by atoms with Crippen LogP contribution in [0.15, 0.2) is 28.6 Å². The molecule has 2 heterocycles. The molecule has 1 aliphatic rings. The van der Waals surface area contributed by atoms with Crippen molar-refractivity contribution < 1.29 is 4.79 Å². The van der Waals surface area contributed by atoms with E-state index < -0.39 is 0 Å². The summed E-state index contributed by atoms with van der Waals surface area (Å²) in [5.74, 6) is 1.38. The van der Waals surface area contributed by atoms with E-state index in [2.05, 4.69) is 41.5 Å². The molecule has 24 heavy (non-hydrogen) atoms. The van der Waals surface area contributed by atoms with E-state index in [0.717, 1.165) is 47.0 Å². The van der Waals surface area contributed by atoms with E-state index >= 15 is 0 Å². The van der Waals surface area contributed by atoms with Crippen LogP contribution in [0, 0.1) is 12.8 Å². The molecule has 0 spiro atoms. The minimum atomic E-state index is 0.204. The number of aryl methyl sites for hydroxylation is 1. The molecule has 3 rings (SSSR count). The van der Waals surface area contributed by atoms with Crippen molar-refractivity contribution in [1.82, 2.24) is 15.1 Å². The van der Waals surface area contributed by atoms with Crippen molar-refractivity contribution in [1.29, 1.82) is 0 Å². The first-order valence-electron chi connectivity index (χ1n) is 8.18. The molecule has 1 fully saturated rings. The fourth-order valence-electron chi connectivity index (χ4n) is 2.64. The lowest BCUT2D eigenvalue weighted by Gasteiger charge is -2.30. The van der Waals surface area contributed by atoms with Gasteiger partial charge in [-0.15, -0.1) is 10.2 Å². The summed E-state index contributed by atoms with van der Waals surface area (Å²) in [6.07, 6.45) is 2.22. The summed E-state index contributed by atoms with van der Waals surface area (Å²) in [5.41, 5.74) is 2.20. The van der Waals surface area contributed by atoms with Crippen LogP contribution in [0.3, 0.4) is 0 Å². The molecule has 128 valence electrons. The van der Waals surface area contributed by atoms with Crippen LogP contribution in [0.25, 0.3) is 0 Å². The number of thioether (sulfide) groups is 1. The van der Waals surface area contributed by atoms with Crippen LogP contribution < -0.4 is 5.32 Å². The first kappa shape index (κ1) is 17.2. The highest BCUT2D eigenvalue weighted by Gasteiger charge is 2.20. The van der Waals surface area contributed by atoms with Crippen LogP contribution in [-0.2, 0) is 4.79 Å². The predicted octanol–water partition coefficient (Wildman–Crippen LogP) is 3.94. The second-order valence-electron chi connectivity index (χ2n) is 6.22. The normalized spacial score (nSPS) is 15.5. The van der Waals surface area contributed by atoms with E-state index in [4.69, 9.17) is 0 Å². The summed E-state index contributed by atoms with van der Waals surface area (Å²) in [7, 11) is 0. The molecule has 2 aromatic rings. The van der Waals surface area contributed by atoms with Crippen LogP contribution in [0.5, 0.6) is 0 Å². The number of nitrogens with one attached hydrogen (secondary N) is 1. The zero-order valence-electron chi connectivity index (χ0n) is 14.0. The Bertz CT molecular complexity index is 695. The molecule has 1 aromatic carbocycles. The minimum Gasteiger partial charge on any atom is -0.342 e. The van der Waals surface area contributed by atoms with Gasteiger partial charge in [0.2, 0.25) is 11.0 Å². The third-order valence-electron chi connectivity index (χ3n) is 4.13. The Morgan fingerprint density at radius 3 is 2.92 bits per heavy atom. The van der Waals surface area contributed by atoms with E-state index in [1.807, 2.05) is 17.0 Å². The molecule has 7 heteroatoms. The van der Waals surface area contributed by atoms with Gasteiger partial charge in [0, 0.05) is 18.8 Å². The van der Waals surface area contributed by atoms with Crippen LogP contribution in [0.2, 0.25) is 0 Å². The number of carbonyl (C=O) groups is 1. The van der Waals surface area contributed by atoms with E-state index in [0.29, 0.717) is 5.75 Å². The van der Waals surface area contributed by atoms with Crippen LogP contribution in [-0.4, -0.2) is 39.8 Å². The topological polar surface area (TPSA) is 58.1 Å². The number of aromatic nitrogens is 2. The van der Waals surface area contributed by atoms with Gasteiger partial charge in [0.25, 0.3) is 0 Å². The van der Waals surface area contributed by atoms with Crippen LogP contribution in [0.1, 0.15) is 25.3 Å². The van der Waals surface area contributed by atoms with Crippen molar-refractivity contribution in [3.05, 3.63) is 29.8 Å². The maximum atomic E-state index is 12.3. The molecule has 0 saturated carbocycles. The smallest absolute Gasteiger partial charge is 0.233 e. The van der Waals surface area contributed by atoms with Gasteiger partial charge < -0.3 is 10.2 Å². The second-order valence-corrected chi connectivity index (χ2v) is 8.42. The summed E-state index contributed by atoms with van der Waals surface area (Å²) in [5, 5.41) is 12.3. The highest BCUT2D eigenvalue weighted by Crippen LogP contribution is 2.28. The molecule has 0 atom stereocenters. The minimum absolute atomic E-state index is 0.204. The molecule has 1 N–H and O–H groups in total. The van der Waals surface area contributed by atoms with Crippen molar-refractivity contribution in [2.45, 2.75) is 31.0 Å². The molecule has 1 amide bonds. The third kappa shape index (κ3) is 4.70. The molecule has 0 bridgehead atoms. The number of hydrogen-bond donors (Lipinski definition) is 1. The Balaban J connectivity index is 1.50. The Kier molecular flexibility index (Phi) is 5.73. The Hall–Kier alpha value is -1.60. The van der Waals surface area contributed by atoms with E-state index in [1.165, 1.54) is 28.7 Å². The number of likely N-dealkylation sites (tertiary alicyclic amines) is 1. The lowest BCUT2D eigenvalue weighted by atomic mass is 9.99. The number of hydrogen-bond acceptors (Lipinski definition) is 6. The average Bonchev–Trinajstić information content (AvgIpc) is 3.01. The average molecular weight is 363 g/mol. The van der Waals surface area contributed by atoms with Gasteiger partial charge >= 0.3 is 0 Å². The molecule has 1 aliphatic heterocycles. The number of rotatable bonds is 5. The van der Waals surface area contributed by atoms with Crippen LogP contribution >= 0.6 is 23.1 Å². The maximum absolute atomic E-state index is 12.3. The molecular formula is C17H22N4OS2. The van der Waals surface area contributed by atoms with Gasteiger partial charge in [-0.25, -0.2) is 0 Å². The molecule has 5 nitrogen and oxygen atoms in total. The van der Waals surface area contributed by atoms with Gasteiger partial charge in [-0.05, 0) is 43.4 Å². The van der Waals surface area contributed by atoms with E-state index in [-0.39, 0.29) is 5.91 Å². The van der Waals surface area contributed by atoms with E-state index in [9.17, 15) is 4.79 Å². The highest BCUT2D eigenvalue weighted by atomic mass is 32.2. The number of carbonyl (C=O) groups excluding carboxylic acids is 1. The molecular weight excluding hydrogens is 340 g/mol. The Morgan fingerprint density at radius 1 is 1.38 bits per heavy atom. The summed E-state index contributed by atoms with van der Waals surface area (Å²) >= 11 is 2.95. The number of amides is 1. The SMILES string of the molecule is Cc1cccc(Nc2nnc(SCC(=O)N3CCC(C)CC3)s2)c1. The zero-order valence-corrected chi connectivity index (χ0v) is 15.6. The third-order valence-corrected chi connectivity index (χ3v) is 6.09. The summed E-state index contributed by atoms with van der Waals surface area (Å²) in [6.45, 7) is 6.08. The van der Waals surface area contributed by atoms with Gasteiger partial charge in [-0.3, -0.25) is 4.79 Å². The van der Waals surface area contributed by atoms with Gasteiger partial charge in [0.05, 0.1) is 5.75 Å². The standard InChI is InChI=1S/C17H22N4OS2/c1-12-6-8-21(9-7-12)15(22)11-23-17-20-19-16(24-17)18-14-5-3-4-13(2)10-14/h3-5,10,12H,6-9,11H2,1-2H3,(H,18,19). The van der Waals surface area contributed by atoms with Crippen molar-refractivity contribution in [2.75, 3.05) is 24.2 Å². The quantitative estimate of drug-likeness (QED) is 0.817. The van der Waals surface area contributed by atoms with Gasteiger partial charge in [-0.2, -0.15) is 0 Å². The number of benzene rings is 1. The number of piperidine rings is 1. The fourth-order valence-corrected chi connectivity index (χ4v) is 4.31. The van der Waals surface area contributed by atoms with Crippen molar-refractivity contribution >= 4 is 39.8 Å². The van der Waals surface area contributed by atoms with Crippen molar-refractivity contribution in [3.63, 3.8) is 0 Å². The molecule has 0 unspecified atom stereocenters.